The Labute approximate surface area is 101 Å². The second-order valence-corrected chi connectivity index (χ2v) is 4.61. The molecule has 1 heterocycles. The zero-order valence-corrected chi connectivity index (χ0v) is 10.3. The molecule has 1 aromatic rings. The molecule has 0 saturated carbocycles. The van der Waals surface area contributed by atoms with E-state index in [1.165, 1.54) is 12.1 Å². The fourth-order valence-electron chi connectivity index (χ4n) is 1.58. The number of nitrogens with zero attached hydrogens (tertiary/aromatic N) is 1. The zero-order chi connectivity index (χ0) is 11.7. The number of ether oxygens (including phenoxy) is 1. The molecule has 0 N–H and O–H groups in total. The van der Waals surface area contributed by atoms with Gasteiger partial charge in [0.05, 0.1) is 11.7 Å². The van der Waals surface area contributed by atoms with Crippen LogP contribution in [0, 0.1) is 5.82 Å². The van der Waals surface area contributed by atoms with Gasteiger partial charge in [-0.05, 0) is 18.2 Å². The van der Waals surface area contributed by atoms with Crippen molar-refractivity contribution in [1.82, 2.24) is 4.90 Å². The van der Waals surface area contributed by atoms with E-state index in [1.54, 1.807) is 18.1 Å². The minimum Gasteiger partial charge on any atom is -0.378 e. The Morgan fingerprint density at radius 3 is 2.88 bits per heavy atom. The topological polar surface area (TPSA) is 29.5 Å². The van der Waals surface area contributed by atoms with Crippen LogP contribution in [-0.2, 0) is 4.74 Å². The average molecular weight is 288 g/mol. The van der Waals surface area contributed by atoms with E-state index in [9.17, 15) is 9.18 Å². The molecule has 0 unspecified atom stereocenters. The molecule has 0 aliphatic carbocycles. The first-order valence-corrected chi connectivity index (χ1v) is 5.68. The molecule has 2 rings (SSSR count). The maximum Gasteiger partial charge on any atom is 0.257 e. The molecule has 0 bridgehead atoms. The number of benzene rings is 1. The highest BCUT2D eigenvalue weighted by Crippen LogP contribution is 2.20. The lowest BCUT2D eigenvalue weighted by Crippen LogP contribution is -2.54. The molecule has 5 heteroatoms. The van der Waals surface area contributed by atoms with Crippen LogP contribution in [0.15, 0.2) is 22.7 Å². The van der Waals surface area contributed by atoms with Gasteiger partial charge < -0.3 is 9.64 Å². The van der Waals surface area contributed by atoms with Gasteiger partial charge in [0, 0.05) is 24.7 Å². The van der Waals surface area contributed by atoms with Crippen LogP contribution < -0.4 is 0 Å². The van der Waals surface area contributed by atoms with Gasteiger partial charge in [0.1, 0.15) is 5.82 Å². The highest BCUT2D eigenvalue weighted by atomic mass is 79.9. The van der Waals surface area contributed by atoms with Crippen molar-refractivity contribution in [3.8, 4) is 0 Å². The second-order valence-electron chi connectivity index (χ2n) is 3.69. The molecule has 86 valence electrons. The monoisotopic (exact) mass is 287 g/mol. The van der Waals surface area contributed by atoms with Gasteiger partial charge in [0.15, 0.2) is 0 Å². The summed E-state index contributed by atoms with van der Waals surface area (Å²) in [5, 5.41) is 0. The van der Waals surface area contributed by atoms with Crippen molar-refractivity contribution in [2.24, 2.45) is 0 Å². The van der Waals surface area contributed by atoms with Crippen LogP contribution in [0.2, 0.25) is 0 Å². The minimum absolute atomic E-state index is 0.0826. The highest BCUT2D eigenvalue weighted by Gasteiger charge is 2.32. The Morgan fingerprint density at radius 1 is 1.56 bits per heavy atom. The first-order valence-electron chi connectivity index (χ1n) is 4.89. The van der Waals surface area contributed by atoms with Crippen molar-refractivity contribution < 1.29 is 13.9 Å². The smallest absolute Gasteiger partial charge is 0.257 e. The molecule has 1 aliphatic heterocycles. The van der Waals surface area contributed by atoms with E-state index in [4.69, 9.17) is 4.74 Å². The van der Waals surface area contributed by atoms with Crippen molar-refractivity contribution in [2.75, 3.05) is 20.2 Å². The predicted octanol–water partition coefficient (Wildman–Crippen LogP) is 2.06. The van der Waals surface area contributed by atoms with E-state index in [0.29, 0.717) is 17.6 Å². The first kappa shape index (κ1) is 11.5. The first-order chi connectivity index (χ1) is 7.61. The van der Waals surface area contributed by atoms with E-state index < -0.39 is 5.82 Å². The van der Waals surface area contributed by atoms with E-state index in [2.05, 4.69) is 15.9 Å². The van der Waals surface area contributed by atoms with Gasteiger partial charge in [0.2, 0.25) is 0 Å². The highest BCUT2D eigenvalue weighted by molar-refractivity contribution is 9.10. The van der Waals surface area contributed by atoms with Crippen molar-refractivity contribution in [3.05, 3.63) is 34.1 Å². The number of likely N-dealkylation sites (tertiary alicyclic amines) is 1. The van der Waals surface area contributed by atoms with Gasteiger partial charge in [-0.3, -0.25) is 4.79 Å². The summed E-state index contributed by atoms with van der Waals surface area (Å²) in [5.41, 5.74) is 0.101. The molecule has 1 saturated heterocycles. The largest absolute Gasteiger partial charge is 0.378 e. The summed E-state index contributed by atoms with van der Waals surface area (Å²) < 4.78 is 19.2. The molecule has 16 heavy (non-hydrogen) atoms. The lowest BCUT2D eigenvalue weighted by atomic mass is 10.1. The molecule has 0 aromatic heterocycles. The molecule has 3 nitrogen and oxygen atoms in total. The van der Waals surface area contributed by atoms with Gasteiger partial charge >= 0.3 is 0 Å². The molecule has 0 radical (unpaired) electrons. The van der Waals surface area contributed by atoms with Crippen LogP contribution in [0.3, 0.4) is 0 Å². The van der Waals surface area contributed by atoms with Crippen molar-refractivity contribution in [2.45, 2.75) is 6.10 Å². The van der Waals surface area contributed by atoms with Gasteiger partial charge in [0.25, 0.3) is 5.91 Å². The summed E-state index contributed by atoms with van der Waals surface area (Å²) >= 11 is 3.22. The Morgan fingerprint density at radius 2 is 2.25 bits per heavy atom. The Kier molecular flexibility index (Phi) is 3.25. The number of rotatable bonds is 2. The van der Waals surface area contributed by atoms with Crippen molar-refractivity contribution in [1.29, 1.82) is 0 Å². The molecular weight excluding hydrogens is 277 g/mol. The molecule has 1 fully saturated rings. The number of carbonyl (C=O) groups excluding carboxylic acids is 1. The average Bonchev–Trinajstić information content (AvgIpc) is 2.20. The number of carbonyl (C=O) groups is 1. The molecule has 1 aromatic carbocycles. The van der Waals surface area contributed by atoms with Gasteiger partial charge in [-0.25, -0.2) is 4.39 Å². The molecule has 0 spiro atoms. The van der Waals surface area contributed by atoms with Gasteiger partial charge in [-0.15, -0.1) is 0 Å². The lowest BCUT2D eigenvalue weighted by molar-refractivity contribution is -0.0194. The third-order valence-electron chi connectivity index (χ3n) is 2.63. The second kappa shape index (κ2) is 4.51. The number of hydrogen-bond acceptors (Lipinski definition) is 2. The molecule has 1 amide bonds. The molecule has 0 atom stereocenters. The lowest BCUT2D eigenvalue weighted by Gasteiger charge is -2.38. The summed E-state index contributed by atoms with van der Waals surface area (Å²) in [6.45, 7) is 1.06. The SMILES string of the molecule is COC1CN(C(=O)c2cc(Br)ccc2F)C1. The van der Waals surface area contributed by atoms with Crippen LogP contribution >= 0.6 is 15.9 Å². The summed E-state index contributed by atoms with van der Waals surface area (Å²) in [6.07, 6.45) is 0.0826. The molecule has 1 aliphatic rings. The Balaban J connectivity index is 2.13. The number of hydrogen-bond donors (Lipinski definition) is 0. The number of methoxy groups -OCH3 is 1. The van der Waals surface area contributed by atoms with Crippen molar-refractivity contribution in [3.63, 3.8) is 0 Å². The Hall–Kier alpha value is -0.940. The standard InChI is InChI=1S/C11H11BrFNO2/c1-16-8-5-14(6-8)11(15)9-4-7(12)2-3-10(9)13/h2-4,8H,5-6H2,1H3. The van der Waals surface area contributed by atoms with Crippen molar-refractivity contribution >= 4 is 21.8 Å². The summed E-state index contributed by atoms with van der Waals surface area (Å²) in [4.78, 5) is 13.4. The number of halogens is 2. The van der Waals surface area contributed by atoms with Crippen LogP contribution in [0.25, 0.3) is 0 Å². The third kappa shape index (κ3) is 2.10. The van der Waals surface area contributed by atoms with E-state index in [1.807, 2.05) is 0 Å². The van der Waals surface area contributed by atoms with Crippen LogP contribution in [-0.4, -0.2) is 37.1 Å². The predicted molar refractivity (Wildman–Crippen MR) is 60.8 cm³/mol. The van der Waals surface area contributed by atoms with Crippen LogP contribution in [0.1, 0.15) is 10.4 Å². The quantitative estimate of drug-likeness (QED) is 0.833. The summed E-state index contributed by atoms with van der Waals surface area (Å²) in [6, 6.07) is 4.35. The fraction of sp³-hybridized carbons (Fsp3) is 0.364. The third-order valence-corrected chi connectivity index (χ3v) is 3.12. The molecular formula is C11H11BrFNO2. The fourth-order valence-corrected chi connectivity index (χ4v) is 1.95. The normalized spacial score (nSPS) is 16.1. The maximum absolute atomic E-state index is 13.4. The van der Waals surface area contributed by atoms with Gasteiger partial charge in [-0.2, -0.15) is 0 Å². The number of amides is 1. The maximum atomic E-state index is 13.4. The van der Waals surface area contributed by atoms with E-state index >= 15 is 0 Å². The van der Waals surface area contributed by atoms with Gasteiger partial charge in [-0.1, -0.05) is 15.9 Å². The van der Waals surface area contributed by atoms with E-state index in [0.717, 1.165) is 0 Å². The van der Waals surface area contributed by atoms with E-state index in [-0.39, 0.29) is 17.6 Å². The zero-order valence-electron chi connectivity index (χ0n) is 8.74. The van der Waals surface area contributed by atoms with Crippen LogP contribution in [0.5, 0.6) is 0 Å². The minimum atomic E-state index is -0.492. The summed E-state index contributed by atoms with van der Waals surface area (Å²) in [7, 11) is 1.60. The Bertz CT molecular complexity index is 418. The van der Waals surface area contributed by atoms with Crippen LogP contribution in [0.4, 0.5) is 4.39 Å². The summed E-state index contributed by atoms with van der Waals surface area (Å²) in [5.74, 6) is -0.777.